The maximum Gasteiger partial charge on any atom is 0.224 e. The van der Waals surface area contributed by atoms with Crippen LogP contribution in [0.15, 0.2) is 54.6 Å². The topological polar surface area (TPSA) is 32.3 Å². The first kappa shape index (κ1) is 19.2. The second-order valence-corrected chi connectivity index (χ2v) is 7.02. The lowest BCUT2D eigenvalue weighted by atomic mass is 10.0. The van der Waals surface area contributed by atoms with Gasteiger partial charge in [-0.05, 0) is 44.4 Å². The van der Waals surface area contributed by atoms with E-state index >= 15 is 0 Å². The fourth-order valence-electron chi connectivity index (χ4n) is 3.13. The normalized spacial score (nSPS) is 11.3. The van der Waals surface area contributed by atoms with Crippen LogP contribution in [0.3, 0.4) is 0 Å². The molecule has 0 aromatic heterocycles. The van der Waals surface area contributed by atoms with Crippen LogP contribution >= 0.6 is 0 Å². The van der Waals surface area contributed by atoms with Gasteiger partial charge in [-0.25, -0.2) is 0 Å². The number of benzene rings is 2. The van der Waals surface area contributed by atoms with Crippen LogP contribution in [0, 0.1) is 0 Å². The van der Waals surface area contributed by atoms with Crippen LogP contribution in [0.4, 0.5) is 0 Å². The number of carbonyl (C=O) groups excluding carboxylic acids is 1. The molecule has 2 aromatic carbocycles. The molecule has 0 saturated carbocycles. The van der Waals surface area contributed by atoms with Gasteiger partial charge in [0.1, 0.15) is 0 Å². The Morgan fingerprint density at radius 3 is 2.00 bits per heavy atom. The standard InChI is InChI=1S/C22H30N2O/c1-17(2)24(18(3)4)15-14-23-22(25)16-19-10-12-21(13-11-19)20-8-6-5-7-9-20/h5-13,17-18H,14-16H2,1-4H3,(H,23,25). The van der Waals surface area contributed by atoms with Crippen molar-refractivity contribution in [2.24, 2.45) is 0 Å². The molecular weight excluding hydrogens is 308 g/mol. The minimum atomic E-state index is 0.0833. The van der Waals surface area contributed by atoms with Crippen LogP contribution < -0.4 is 5.32 Å². The van der Waals surface area contributed by atoms with Crippen LogP contribution in [0.2, 0.25) is 0 Å². The van der Waals surface area contributed by atoms with Crippen LogP contribution in [0.5, 0.6) is 0 Å². The summed E-state index contributed by atoms with van der Waals surface area (Å²) in [5, 5.41) is 3.04. The van der Waals surface area contributed by atoms with Gasteiger partial charge in [0, 0.05) is 25.2 Å². The van der Waals surface area contributed by atoms with Gasteiger partial charge in [-0.15, -0.1) is 0 Å². The van der Waals surface area contributed by atoms with Gasteiger partial charge in [0.2, 0.25) is 5.91 Å². The Labute approximate surface area is 152 Å². The summed E-state index contributed by atoms with van der Waals surface area (Å²) in [4.78, 5) is 14.5. The van der Waals surface area contributed by atoms with Gasteiger partial charge in [0.25, 0.3) is 0 Å². The molecule has 0 unspecified atom stereocenters. The minimum absolute atomic E-state index is 0.0833. The second-order valence-electron chi connectivity index (χ2n) is 7.02. The third-order valence-corrected chi connectivity index (χ3v) is 4.44. The summed E-state index contributed by atoms with van der Waals surface area (Å²) in [6.45, 7) is 10.3. The van der Waals surface area contributed by atoms with Crippen molar-refractivity contribution in [3.05, 3.63) is 60.2 Å². The van der Waals surface area contributed by atoms with Gasteiger partial charge in [-0.3, -0.25) is 9.69 Å². The van der Waals surface area contributed by atoms with E-state index in [9.17, 15) is 4.79 Å². The Kier molecular flexibility index (Phi) is 7.20. The maximum atomic E-state index is 12.2. The molecule has 0 aliphatic heterocycles. The number of amides is 1. The summed E-state index contributed by atoms with van der Waals surface area (Å²) in [6.07, 6.45) is 0.429. The van der Waals surface area contributed by atoms with E-state index in [-0.39, 0.29) is 5.91 Å². The predicted octanol–water partition coefficient (Wildman–Crippen LogP) is 4.13. The van der Waals surface area contributed by atoms with Crippen LogP contribution in [-0.4, -0.2) is 36.0 Å². The fourth-order valence-corrected chi connectivity index (χ4v) is 3.13. The summed E-state index contributed by atoms with van der Waals surface area (Å²) in [7, 11) is 0. The van der Waals surface area contributed by atoms with Crippen molar-refractivity contribution >= 4 is 5.91 Å². The van der Waals surface area contributed by atoms with Crippen LogP contribution in [-0.2, 0) is 11.2 Å². The van der Waals surface area contributed by atoms with Gasteiger partial charge in [-0.1, -0.05) is 54.6 Å². The Bertz CT molecular complexity index is 639. The molecule has 134 valence electrons. The lowest BCUT2D eigenvalue weighted by Gasteiger charge is -2.30. The quantitative estimate of drug-likeness (QED) is 0.785. The van der Waals surface area contributed by atoms with Crippen molar-refractivity contribution in [1.29, 1.82) is 0 Å². The van der Waals surface area contributed by atoms with Crippen molar-refractivity contribution in [3.8, 4) is 11.1 Å². The molecule has 2 rings (SSSR count). The Hall–Kier alpha value is -2.13. The Morgan fingerprint density at radius 2 is 1.44 bits per heavy atom. The zero-order chi connectivity index (χ0) is 18.2. The summed E-state index contributed by atoms with van der Waals surface area (Å²) in [6, 6.07) is 19.5. The highest BCUT2D eigenvalue weighted by Crippen LogP contribution is 2.19. The fraction of sp³-hybridized carbons (Fsp3) is 0.409. The van der Waals surface area contributed by atoms with Gasteiger partial charge in [0.05, 0.1) is 6.42 Å². The van der Waals surface area contributed by atoms with Crippen LogP contribution in [0.25, 0.3) is 11.1 Å². The van der Waals surface area contributed by atoms with E-state index < -0.39 is 0 Å². The van der Waals surface area contributed by atoms with E-state index in [1.165, 1.54) is 11.1 Å². The molecule has 0 saturated heterocycles. The summed E-state index contributed by atoms with van der Waals surface area (Å²) in [5.41, 5.74) is 3.41. The largest absolute Gasteiger partial charge is 0.355 e. The van der Waals surface area contributed by atoms with E-state index in [1.807, 2.05) is 30.3 Å². The van der Waals surface area contributed by atoms with Gasteiger partial charge in [0.15, 0.2) is 0 Å². The first-order chi connectivity index (χ1) is 12.0. The first-order valence-corrected chi connectivity index (χ1v) is 9.14. The Balaban J connectivity index is 1.83. The average molecular weight is 338 g/mol. The average Bonchev–Trinajstić information content (AvgIpc) is 2.59. The molecule has 0 fully saturated rings. The van der Waals surface area contributed by atoms with E-state index in [2.05, 4.69) is 62.2 Å². The number of hydrogen-bond donors (Lipinski definition) is 1. The molecule has 0 spiro atoms. The molecule has 2 aromatic rings. The molecule has 3 nitrogen and oxygen atoms in total. The van der Waals surface area contributed by atoms with Crippen molar-refractivity contribution in [2.75, 3.05) is 13.1 Å². The molecule has 0 heterocycles. The molecule has 1 N–H and O–H groups in total. The number of nitrogens with zero attached hydrogens (tertiary/aromatic N) is 1. The van der Waals surface area contributed by atoms with Crippen molar-refractivity contribution in [2.45, 2.75) is 46.2 Å². The van der Waals surface area contributed by atoms with Gasteiger partial charge in [-0.2, -0.15) is 0 Å². The zero-order valence-corrected chi connectivity index (χ0v) is 15.8. The van der Waals surface area contributed by atoms with Crippen LogP contribution in [0.1, 0.15) is 33.3 Å². The molecular formula is C22H30N2O. The predicted molar refractivity (Wildman–Crippen MR) is 106 cm³/mol. The molecule has 0 atom stereocenters. The molecule has 3 heteroatoms. The number of carbonyl (C=O) groups is 1. The van der Waals surface area contributed by atoms with E-state index in [0.717, 1.165) is 12.1 Å². The third kappa shape index (κ3) is 6.02. The minimum Gasteiger partial charge on any atom is -0.355 e. The highest BCUT2D eigenvalue weighted by molar-refractivity contribution is 5.78. The molecule has 0 bridgehead atoms. The van der Waals surface area contributed by atoms with Gasteiger partial charge < -0.3 is 5.32 Å². The molecule has 1 amide bonds. The molecule has 0 radical (unpaired) electrons. The highest BCUT2D eigenvalue weighted by Gasteiger charge is 2.13. The summed E-state index contributed by atoms with van der Waals surface area (Å²) < 4.78 is 0. The number of rotatable bonds is 8. The van der Waals surface area contributed by atoms with Crippen molar-refractivity contribution < 1.29 is 4.79 Å². The smallest absolute Gasteiger partial charge is 0.224 e. The summed E-state index contributed by atoms with van der Waals surface area (Å²) >= 11 is 0. The zero-order valence-electron chi connectivity index (χ0n) is 15.8. The van der Waals surface area contributed by atoms with E-state index in [0.29, 0.717) is 25.0 Å². The van der Waals surface area contributed by atoms with Crippen molar-refractivity contribution in [1.82, 2.24) is 10.2 Å². The third-order valence-electron chi connectivity index (χ3n) is 4.44. The number of hydrogen-bond acceptors (Lipinski definition) is 2. The Morgan fingerprint density at radius 1 is 0.880 bits per heavy atom. The SMILES string of the molecule is CC(C)N(CCNC(=O)Cc1ccc(-c2ccccc2)cc1)C(C)C. The van der Waals surface area contributed by atoms with Crippen molar-refractivity contribution in [3.63, 3.8) is 0 Å². The van der Waals surface area contributed by atoms with E-state index in [1.54, 1.807) is 0 Å². The molecule has 25 heavy (non-hydrogen) atoms. The van der Waals surface area contributed by atoms with Gasteiger partial charge >= 0.3 is 0 Å². The lowest BCUT2D eigenvalue weighted by Crippen LogP contribution is -2.42. The lowest BCUT2D eigenvalue weighted by molar-refractivity contribution is -0.120. The summed E-state index contributed by atoms with van der Waals surface area (Å²) in [5.74, 6) is 0.0833. The first-order valence-electron chi connectivity index (χ1n) is 9.14. The van der Waals surface area contributed by atoms with E-state index in [4.69, 9.17) is 0 Å². The number of nitrogens with one attached hydrogen (secondary N) is 1. The highest BCUT2D eigenvalue weighted by atomic mass is 16.1. The monoisotopic (exact) mass is 338 g/mol. The maximum absolute atomic E-state index is 12.2. The second kappa shape index (κ2) is 9.38. The molecule has 0 aliphatic carbocycles. The molecule has 0 aliphatic rings.